The Labute approximate surface area is 219 Å². The Hall–Kier alpha value is -4.26. The van der Waals surface area contributed by atoms with Gasteiger partial charge in [0.1, 0.15) is 11.6 Å². The van der Waals surface area contributed by atoms with Gasteiger partial charge in [-0.25, -0.2) is 36.8 Å². The first-order valence-electron chi connectivity index (χ1n) is 11.0. The van der Waals surface area contributed by atoms with Crippen molar-refractivity contribution < 1.29 is 27.1 Å². The van der Waals surface area contributed by atoms with Crippen molar-refractivity contribution in [3.63, 3.8) is 0 Å². The number of thiazole rings is 1. The zero-order chi connectivity index (χ0) is 27.0. The molecular weight excluding hydrogens is 534 g/mol. The van der Waals surface area contributed by atoms with Crippen molar-refractivity contribution in [3.05, 3.63) is 107 Å². The maximum atomic E-state index is 14.8. The predicted octanol–water partition coefficient (Wildman–Crippen LogP) is 4.88. The minimum absolute atomic E-state index is 0.0283. The molecule has 12 heteroatoms. The van der Waals surface area contributed by atoms with E-state index >= 15 is 0 Å². The standard InChI is InChI=1S/C26H18F2N4O4S2/c27-19-3-1-2-16(11-19)21-12-17(6-9-22(21)28)24-18(10-15-4-7-20(8-5-15)38(29,35)36)13-32(31-24)26-30-23(14-37-26)25(33)34/h1-9,11-14H,10H2,(H,33,34)(H2,29,35,36). The monoisotopic (exact) mass is 552 g/mol. The summed E-state index contributed by atoms with van der Waals surface area (Å²) < 4.78 is 53.3. The Kier molecular flexibility index (Phi) is 6.61. The molecule has 2 heterocycles. The molecule has 2 aromatic heterocycles. The van der Waals surface area contributed by atoms with Gasteiger partial charge in [-0.2, -0.15) is 5.10 Å². The van der Waals surface area contributed by atoms with Crippen molar-refractivity contribution in [2.24, 2.45) is 5.14 Å². The maximum absolute atomic E-state index is 14.8. The highest BCUT2D eigenvalue weighted by Gasteiger charge is 2.18. The lowest BCUT2D eigenvalue weighted by molar-refractivity contribution is 0.0691. The molecule has 0 atom stereocenters. The molecule has 0 saturated carbocycles. The van der Waals surface area contributed by atoms with Crippen LogP contribution in [-0.4, -0.2) is 34.3 Å². The summed E-state index contributed by atoms with van der Waals surface area (Å²) >= 11 is 1.09. The summed E-state index contributed by atoms with van der Waals surface area (Å²) in [5, 5.41) is 20.8. The maximum Gasteiger partial charge on any atom is 0.355 e. The number of hydrogen-bond donors (Lipinski definition) is 2. The molecule has 0 amide bonds. The molecule has 192 valence electrons. The second kappa shape index (κ2) is 9.89. The summed E-state index contributed by atoms with van der Waals surface area (Å²) in [4.78, 5) is 15.4. The number of carboxylic acids is 1. The van der Waals surface area contributed by atoms with Gasteiger partial charge in [0.15, 0.2) is 5.69 Å². The number of aromatic nitrogens is 3. The number of carboxylic acid groups (broad SMARTS) is 1. The quantitative estimate of drug-likeness (QED) is 0.296. The molecule has 3 aromatic carbocycles. The lowest BCUT2D eigenvalue weighted by Gasteiger charge is -2.08. The van der Waals surface area contributed by atoms with Gasteiger partial charge in [0.25, 0.3) is 0 Å². The molecule has 0 aliphatic rings. The summed E-state index contributed by atoms with van der Waals surface area (Å²) in [6.45, 7) is 0. The van der Waals surface area contributed by atoms with E-state index in [0.29, 0.717) is 33.9 Å². The summed E-state index contributed by atoms with van der Waals surface area (Å²) in [5.41, 5.74) is 2.84. The van der Waals surface area contributed by atoms with Gasteiger partial charge in [-0.3, -0.25) is 0 Å². The SMILES string of the molecule is NS(=O)(=O)c1ccc(Cc2cn(-c3nc(C(=O)O)cs3)nc2-c2ccc(F)c(-c3cccc(F)c3)c2)cc1. The van der Waals surface area contributed by atoms with Gasteiger partial charge in [-0.05, 0) is 53.6 Å². The van der Waals surface area contributed by atoms with E-state index < -0.39 is 27.6 Å². The van der Waals surface area contributed by atoms with Gasteiger partial charge in [0.05, 0.1) is 10.6 Å². The van der Waals surface area contributed by atoms with E-state index in [4.69, 9.17) is 5.14 Å². The number of hydrogen-bond acceptors (Lipinski definition) is 6. The number of primary sulfonamides is 1. The van der Waals surface area contributed by atoms with Crippen molar-refractivity contribution in [2.75, 3.05) is 0 Å². The minimum Gasteiger partial charge on any atom is -0.476 e. The number of benzene rings is 3. The number of sulfonamides is 1. The number of nitrogens with two attached hydrogens (primary N) is 1. The minimum atomic E-state index is -3.85. The van der Waals surface area contributed by atoms with E-state index in [0.717, 1.165) is 16.9 Å². The smallest absolute Gasteiger partial charge is 0.355 e. The zero-order valence-corrected chi connectivity index (χ0v) is 21.0. The average molecular weight is 553 g/mol. The van der Waals surface area contributed by atoms with E-state index in [1.54, 1.807) is 36.5 Å². The van der Waals surface area contributed by atoms with E-state index in [1.165, 1.54) is 46.5 Å². The van der Waals surface area contributed by atoms with Crippen LogP contribution in [0.1, 0.15) is 21.6 Å². The van der Waals surface area contributed by atoms with Crippen LogP contribution in [0, 0.1) is 11.6 Å². The van der Waals surface area contributed by atoms with Crippen LogP contribution in [0.3, 0.4) is 0 Å². The molecule has 5 aromatic rings. The van der Waals surface area contributed by atoms with Crippen LogP contribution >= 0.6 is 11.3 Å². The van der Waals surface area contributed by atoms with Gasteiger partial charge < -0.3 is 5.11 Å². The average Bonchev–Trinajstić information content (AvgIpc) is 3.52. The molecule has 8 nitrogen and oxygen atoms in total. The van der Waals surface area contributed by atoms with Crippen LogP contribution in [0.15, 0.2) is 83.2 Å². The topological polar surface area (TPSA) is 128 Å². The summed E-state index contributed by atoms with van der Waals surface area (Å²) in [6, 6.07) is 16.0. The molecule has 0 saturated heterocycles. The molecule has 0 bridgehead atoms. The van der Waals surface area contributed by atoms with Crippen molar-refractivity contribution >= 4 is 27.3 Å². The molecule has 0 aliphatic carbocycles. The summed E-state index contributed by atoms with van der Waals surface area (Å²) in [7, 11) is -3.85. The van der Waals surface area contributed by atoms with Gasteiger partial charge in [0, 0.05) is 34.7 Å². The van der Waals surface area contributed by atoms with Crippen LogP contribution in [0.4, 0.5) is 8.78 Å². The van der Waals surface area contributed by atoms with Crippen molar-refractivity contribution in [1.82, 2.24) is 14.8 Å². The fourth-order valence-electron chi connectivity index (χ4n) is 3.91. The highest BCUT2D eigenvalue weighted by Crippen LogP contribution is 2.32. The molecule has 5 rings (SSSR count). The Morgan fingerprint density at radius 1 is 1.03 bits per heavy atom. The van der Waals surface area contributed by atoms with Crippen LogP contribution < -0.4 is 5.14 Å². The molecule has 3 N–H and O–H groups in total. The first-order valence-corrected chi connectivity index (χ1v) is 13.5. The van der Waals surface area contributed by atoms with Crippen LogP contribution in [0.2, 0.25) is 0 Å². The van der Waals surface area contributed by atoms with E-state index in [-0.39, 0.29) is 16.2 Å². The second-order valence-corrected chi connectivity index (χ2v) is 10.7. The van der Waals surface area contributed by atoms with Crippen LogP contribution in [0.25, 0.3) is 27.5 Å². The van der Waals surface area contributed by atoms with Crippen molar-refractivity contribution in [1.29, 1.82) is 0 Å². The highest BCUT2D eigenvalue weighted by atomic mass is 32.2. The van der Waals surface area contributed by atoms with Gasteiger partial charge in [-0.1, -0.05) is 24.3 Å². The fourth-order valence-corrected chi connectivity index (χ4v) is 5.15. The van der Waals surface area contributed by atoms with E-state index in [1.807, 2.05) is 0 Å². The number of carbonyl (C=O) groups is 1. The van der Waals surface area contributed by atoms with Crippen LogP contribution in [0.5, 0.6) is 0 Å². The second-order valence-electron chi connectivity index (χ2n) is 8.34. The molecule has 0 unspecified atom stereocenters. The largest absolute Gasteiger partial charge is 0.476 e. The fraction of sp³-hybridized carbons (Fsp3) is 0.0385. The Morgan fingerprint density at radius 2 is 1.79 bits per heavy atom. The first kappa shape index (κ1) is 25.4. The van der Waals surface area contributed by atoms with Gasteiger partial charge in [0.2, 0.25) is 15.2 Å². The molecular formula is C26H18F2N4O4S2. The Bertz CT molecular complexity index is 1780. The van der Waals surface area contributed by atoms with E-state index in [2.05, 4.69) is 10.1 Å². The highest BCUT2D eigenvalue weighted by molar-refractivity contribution is 7.89. The summed E-state index contributed by atoms with van der Waals surface area (Å²) in [5.74, 6) is -2.21. The van der Waals surface area contributed by atoms with Crippen molar-refractivity contribution in [2.45, 2.75) is 11.3 Å². The predicted molar refractivity (Wildman–Crippen MR) is 138 cm³/mol. The Balaban J connectivity index is 1.61. The summed E-state index contributed by atoms with van der Waals surface area (Å²) in [6.07, 6.45) is 1.99. The zero-order valence-electron chi connectivity index (χ0n) is 19.4. The van der Waals surface area contributed by atoms with Gasteiger partial charge >= 0.3 is 5.97 Å². The molecule has 0 fully saturated rings. The number of aromatic carboxylic acids is 1. The third-order valence-corrected chi connectivity index (χ3v) is 7.48. The lowest BCUT2D eigenvalue weighted by atomic mass is 9.97. The third-order valence-electron chi connectivity index (χ3n) is 5.72. The Morgan fingerprint density at radius 3 is 2.45 bits per heavy atom. The lowest BCUT2D eigenvalue weighted by Crippen LogP contribution is -2.11. The van der Waals surface area contributed by atoms with Gasteiger partial charge in [-0.15, -0.1) is 11.3 Å². The normalized spacial score (nSPS) is 11.6. The number of rotatable bonds is 7. The third kappa shape index (κ3) is 5.23. The number of halogens is 2. The molecule has 38 heavy (non-hydrogen) atoms. The molecule has 0 radical (unpaired) electrons. The first-order chi connectivity index (χ1) is 18.1. The number of nitrogens with zero attached hydrogens (tertiary/aromatic N) is 3. The van der Waals surface area contributed by atoms with Crippen LogP contribution in [-0.2, 0) is 16.4 Å². The molecule has 0 spiro atoms. The molecule has 0 aliphatic heterocycles. The van der Waals surface area contributed by atoms with Crippen molar-refractivity contribution in [3.8, 4) is 27.5 Å². The van der Waals surface area contributed by atoms with E-state index in [9.17, 15) is 27.1 Å².